The number of rotatable bonds is 2. The van der Waals surface area contributed by atoms with Gasteiger partial charge in [-0.05, 0) is 12.5 Å². The summed E-state index contributed by atoms with van der Waals surface area (Å²) in [5.41, 5.74) is 0.851. The Hall–Kier alpha value is -2.43. The number of carbonyl (C=O) groups excluding carboxylic acids is 2. The Morgan fingerprint density at radius 1 is 1.26 bits per heavy atom. The van der Waals surface area contributed by atoms with Gasteiger partial charge in [-0.15, -0.1) is 0 Å². The molecule has 0 bridgehead atoms. The maximum Gasteiger partial charge on any atom is 0.243 e. The Morgan fingerprint density at radius 3 is 2.63 bits per heavy atom. The quantitative estimate of drug-likeness (QED) is 0.771. The second kappa shape index (κ2) is 4.35. The first-order chi connectivity index (χ1) is 9.16. The highest BCUT2D eigenvalue weighted by atomic mass is 16.5. The molecule has 1 saturated heterocycles. The van der Waals surface area contributed by atoms with Crippen molar-refractivity contribution < 1.29 is 14.1 Å². The van der Waals surface area contributed by atoms with Crippen LogP contribution in [0, 0.1) is 6.92 Å². The highest BCUT2D eigenvalue weighted by Gasteiger charge is 2.41. The zero-order valence-corrected chi connectivity index (χ0v) is 10.4. The van der Waals surface area contributed by atoms with Crippen molar-refractivity contribution >= 4 is 17.6 Å². The number of aryl methyl sites for hydroxylation is 1. The van der Waals surface area contributed by atoms with Crippen molar-refractivity contribution in [2.75, 3.05) is 4.90 Å². The van der Waals surface area contributed by atoms with Crippen molar-refractivity contribution in [2.24, 2.45) is 0 Å². The molecule has 1 aliphatic heterocycles. The smallest absolute Gasteiger partial charge is 0.243 e. The van der Waals surface area contributed by atoms with Gasteiger partial charge in [0.2, 0.25) is 11.8 Å². The summed E-state index contributed by atoms with van der Waals surface area (Å²) in [6, 6.07) is 10.9. The summed E-state index contributed by atoms with van der Waals surface area (Å²) < 4.78 is 4.92. The summed E-state index contributed by atoms with van der Waals surface area (Å²) >= 11 is 0. The van der Waals surface area contributed by atoms with Crippen LogP contribution in [0.3, 0.4) is 0 Å². The predicted molar refractivity (Wildman–Crippen MR) is 67.5 cm³/mol. The highest BCUT2D eigenvalue weighted by molar-refractivity contribution is 6.22. The molecule has 1 atom stereocenters. The lowest BCUT2D eigenvalue weighted by molar-refractivity contribution is -0.121. The van der Waals surface area contributed by atoms with Crippen LogP contribution in [0.2, 0.25) is 0 Å². The SMILES string of the molecule is Cc1cc(N2C(=O)CC(c3ccccc3)C2=O)no1. The molecule has 0 spiro atoms. The molecule has 19 heavy (non-hydrogen) atoms. The molecule has 2 aromatic rings. The van der Waals surface area contributed by atoms with Crippen LogP contribution >= 0.6 is 0 Å². The standard InChI is InChI=1S/C14H12N2O3/c1-9-7-12(15-19-9)16-13(17)8-11(14(16)18)10-5-3-2-4-6-10/h2-7,11H,8H2,1H3. The number of anilines is 1. The molecule has 0 N–H and O–H groups in total. The van der Waals surface area contributed by atoms with Gasteiger partial charge in [0.05, 0.1) is 5.92 Å². The third-order valence-corrected chi connectivity index (χ3v) is 3.19. The zero-order valence-electron chi connectivity index (χ0n) is 10.4. The van der Waals surface area contributed by atoms with Crippen molar-refractivity contribution in [3.05, 3.63) is 47.7 Å². The van der Waals surface area contributed by atoms with Gasteiger partial charge in [-0.25, -0.2) is 4.90 Å². The Labute approximate surface area is 109 Å². The van der Waals surface area contributed by atoms with Gasteiger partial charge >= 0.3 is 0 Å². The minimum absolute atomic E-state index is 0.175. The summed E-state index contributed by atoms with van der Waals surface area (Å²) in [6.45, 7) is 1.72. The maximum absolute atomic E-state index is 12.3. The molecule has 1 aromatic heterocycles. The third kappa shape index (κ3) is 1.93. The Kier molecular flexibility index (Phi) is 2.67. The average Bonchev–Trinajstić information content (AvgIpc) is 2.95. The molecule has 1 aliphatic rings. The summed E-state index contributed by atoms with van der Waals surface area (Å²) in [5, 5.41) is 3.74. The lowest BCUT2D eigenvalue weighted by Gasteiger charge is -2.11. The number of hydrogen-bond acceptors (Lipinski definition) is 4. The molecule has 1 unspecified atom stereocenters. The normalized spacial score (nSPS) is 19.2. The van der Waals surface area contributed by atoms with E-state index in [0.717, 1.165) is 10.5 Å². The van der Waals surface area contributed by atoms with Gasteiger partial charge in [-0.2, -0.15) is 0 Å². The van der Waals surface area contributed by atoms with Gasteiger partial charge in [-0.1, -0.05) is 35.5 Å². The molecule has 2 heterocycles. The molecule has 0 saturated carbocycles. The minimum atomic E-state index is -0.425. The fourth-order valence-corrected chi connectivity index (χ4v) is 2.28. The molecule has 1 aromatic carbocycles. The van der Waals surface area contributed by atoms with E-state index in [2.05, 4.69) is 5.16 Å². The van der Waals surface area contributed by atoms with Crippen molar-refractivity contribution in [2.45, 2.75) is 19.3 Å². The molecule has 5 heteroatoms. The second-order valence-electron chi connectivity index (χ2n) is 4.53. The van der Waals surface area contributed by atoms with E-state index in [1.54, 1.807) is 13.0 Å². The summed E-state index contributed by atoms with van der Waals surface area (Å²) in [4.78, 5) is 25.5. The number of hydrogen-bond donors (Lipinski definition) is 0. The van der Waals surface area contributed by atoms with Crippen LogP contribution in [0.15, 0.2) is 40.9 Å². The van der Waals surface area contributed by atoms with Crippen LogP contribution in [0.5, 0.6) is 0 Å². The molecule has 3 rings (SSSR count). The average molecular weight is 256 g/mol. The first kappa shape index (κ1) is 11.6. The van der Waals surface area contributed by atoms with E-state index in [1.165, 1.54) is 0 Å². The topological polar surface area (TPSA) is 63.4 Å². The van der Waals surface area contributed by atoms with E-state index in [1.807, 2.05) is 30.3 Å². The molecule has 0 radical (unpaired) electrons. The summed E-state index contributed by atoms with van der Waals surface area (Å²) in [6.07, 6.45) is 0.175. The van der Waals surface area contributed by atoms with Crippen molar-refractivity contribution in [1.29, 1.82) is 0 Å². The van der Waals surface area contributed by atoms with Crippen LogP contribution in [0.1, 0.15) is 23.7 Å². The van der Waals surface area contributed by atoms with E-state index in [4.69, 9.17) is 4.52 Å². The summed E-state index contributed by atoms with van der Waals surface area (Å²) in [5.74, 6) is -0.0768. The van der Waals surface area contributed by atoms with Crippen LogP contribution in [0.25, 0.3) is 0 Å². The second-order valence-corrected chi connectivity index (χ2v) is 4.53. The van der Waals surface area contributed by atoms with Crippen LogP contribution in [-0.4, -0.2) is 17.0 Å². The Bertz CT molecular complexity index is 633. The first-order valence-electron chi connectivity index (χ1n) is 6.02. The van der Waals surface area contributed by atoms with Gasteiger partial charge in [0, 0.05) is 12.5 Å². The van der Waals surface area contributed by atoms with E-state index < -0.39 is 5.92 Å². The number of imide groups is 1. The predicted octanol–water partition coefficient (Wildman–Crippen LogP) is 2.03. The maximum atomic E-state index is 12.3. The van der Waals surface area contributed by atoms with E-state index >= 15 is 0 Å². The largest absolute Gasteiger partial charge is 0.360 e. The first-order valence-corrected chi connectivity index (χ1v) is 6.02. The molecular formula is C14H12N2O3. The fraction of sp³-hybridized carbons (Fsp3) is 0.214. The zero-order chi connectivity index (χ0) is 13.4. The third-order valence-electron chi connectivity index (χ3n) is 3.19. The number of amides is 2. The lowest BCUT2D eigenvalue weighted by Crippen LogP contribution is -2.30. The highest BCUT2D eigenvalue weighted by Crippen LogP contribution is 2.32. The molecule has 0 aliphatic carbocycles. The van der Waals surface area contributed by atoms with Crippen molar-refractivity contribution in [3.8, 4) is 0 Å². The van der Waals surface area contributed by atoms with E-state index in [9.17, 15) is 9.59 Å². The number of aromatic nitrogens is 1. The van der Waals surface area contributed by atoms with Crippen LogP contribution in [0.4, 0.5) is 5.82 Å². The summed E-state index contributed by atoms with van der Waals surface area (Å²) in [7, 11) is 0. The Balaban J connectivity index is 1.94. The van der Waals surface area contributed by atoms with Gasteiger partial charge in [0.25, 0.3) is 0 Å². The molecule has 2 amide bonds. The number of nitrogens with zero attached hydrogens (tertiary/aromatic N) is 2. The van der Waals surface area contributed by atoms with E-state index in [0.29, 0.717) is 5.76 Å². The van der Waals surface area contributed by atoms with Crippen molar-refractivity contribution in [3.63, 3.8) is 0 Å². The monoisotopic (exact) mass is 256 g/mol. The van der Waals surface area contributed by atoms with Crippen LogP contribution in [-0.2, 0) is 9.59 Å². The lowest BCUT2D eigenvalue weighted by atomic mass is 9.98. The number of benzene rings is 1. The molecule has 1 fully saturated rings. The van der Waals surface area contributed by atoms with Crippen molar-refractivity contribution in [1.82, 2.24) is 5.16 Å². The van der Waals surface area contributed by atoms with Crippen LogP contribution < -0.4 is 4.90 Å². The van der Waals surface area contributed by atoms with Gasteiger partial charge in [0.1, 0.15) is 5.76 Å². The molecule has 96 valence electrons. The fourth-order valence-electron chi connectivity index (χ4n) is 2.28. The van der Waals surface area contributed by atoms with E-state index in [-0.39, 0.29) is 24.1 Å². The molecular weight excluding hydrogens is 244 g/mol. The Morgan fingerprint density at radius 2 is 2.00 bits per heavy atom. The minimum Gasteiger partial charge on any atom is -0.360 e. The van der Waals surface area contributed by atoms with Gasteiger partial charge in [0.15, 0.2) is 5.82 Å². The molecule has 5 nitrogen and oxygen atoms in total. The number of carbonyl (C=O) groups is 2. The van der Waals surface area contributed by atoms with Gasteiger partial charge in [-0.3, -0.25) is 9.59 Å². The van der Waals surface area contributed by atoms with Gasteiger partial charge < -0.3 is 4.52 Å².